The van der Waals surface area contributed by atoms with Crippen molar-refractivity contribution >= 4 is 5.97 Å². The van der Waals surface area contributed by atoms with Crippen molar-refractivity contribution in [3.63, 3.8) is 0 Å². The number of rotatable bonds is 6. The second-order valence-corrected chi connectivity index (χ2v) is 3.77. The van der Waals surface area contributed by atoms with Crippen LogP contribution in [0.5, 0.6) is 0 Å². The van der Waals surface area contributed by atoms with Gasteiger partial charge in [-0.2, -0.15) is 0 Å². The second kappa shape index (κ2) is 6.04. The fourth-order valence-corrected chi connectivity index (χ4v) is 1.27. The monoisotopic (exact) mass is 172 g/mol. The van der Waals surface area contributed by atoms with E-state index >= 15 is 0 Å². The Labute approximate surface area is 75.0 Å². The topological polar surface area (TPSA) is 37.3 Å². The molecule has 1 N–H and O–H groups in total. The molecule has 0 aromatic carbocycles. The molecule has 0 saturated carbocycles. The van der Waals surface area contributed by atoms with Gasteiger partial charge in [0.15, 0.2) is 0 Å². The third-order valence-electron chi connectivity index (χ3n) is 2.18. The van der Waals surface area contributed by atoms with E-state index in [-0.39, 0.29) is 5.92 Å². The van der Waals surface area contributed by atoms with Crippen LogP contribution in [0.2, 0.25) is 0 Å². The van der Waals surface area contributed by atoms with E-state index in [0.29, 0.717) is 5.92 Å². The molecular weight excluding hydrogens is 152 g/mol. The van der Waals surface area contributed by atoms with E-state index < -0.39 is 5.97 Å². The van der Waals surface area contributed by atoms with Crippen LogP contribution >= 0.6 is 0 Å². The first kappa shape index (κ1) is 11.5. The van der Waals surface area contributed by atoms with Crippen molar-refractivity contribution in [2.24, 2.45) is 11.8 Å². The number of carboxylic acid groups (broad SMARTS) is 1. The summed E-state index contributed by atoms with van der Waals surface area (Å²) in [5.41, 5.74) is 0. The van der Waals surface area contributed by atoms with Crippen LogP contribution in [0.3, 0.4) is 0 Å². The van der Waals surface area contributed by atoms with Crippen molar-refractivity contribution < 1.29 is 9.90 Å². The predicted molar refractivity (Wildman–Crippen MR) is 50.1 cm³/mol. The Balaban J connectivity index is 3.52. The van der Waals surface area contributed by atoms with Gasteiger partial charge in [0.25, 0.3) is 0 Å². The summed E-state index contributed by atoms with van der Waals surface area (Å²) in [7, 11) is 0. The van der Waals surface area contributed by atoms with E-state index in [0.717, 1.165) is 25.7 Å². The summed E-state index contributed by atoms with van der Waals surface area (Å²) in [6, 6.07) is 0. The molecular formula is C10H20O2. The van der Waals surface area contributed by atoms with Gasteiger partial charge >= 0.3 is 5.97 Å². The van der Waals surface area contributed by atoms with Gasteiger partial charge in [-0.1, -0.05) is 33.6 Å². The smallest absolute Gasteiger partial charge is 0.306 e. The van der Waals surface area contributed by atoms with E-state index in [1.54, 1.807) is 0 Å². The fraction of sp³-hybridized carbons (Fsp3) is 0.900. The largest absolute Gasteiger partial charge is 0.481 e. The van der Waals surface area contributed by atoms with E-state index in [4.69, 9.17) is 5.11 Å². The molecule has 0 amide bonds. The molecule has 2 nitrogen and oxygen atoms in total. The molecule has 0 radical (unpaired) electrons. The summed E-state index contributed by atoms with van der Waals surface area (Å²) in [5.74, 6) is -0.0682. The molecule has 0 bridgehead atoms. The Bertz CT molecular complexity index is 130. The highest BCUT2D eigenvalue weighted by atomic mass is 16.4. The van der Waals surface area contributed by atoms with Gasteiger partial charge in [0.2, 0.25) is 0 Å². The second-order valence-electron chi connectivity index (χ2n) is 3.77. The van der Waals surface area contributed by atoms with E-state index in [9.17, 15) is 4.79 Å². The summed E-state index contributed by atoms with van der Waals surface area (Å²) in [4.78, 5) is 10.6. The summed E-state index contributed by atoms with van der Waals surface area (Å²) < 4.78 is 0. The lowest BCUT2D eigenvalue weighted by atomic mass is 9.96. The quantitative estimate of drug-likeness (QED) is 0.668. The average molecular weight is 172 g/mol. The van der Waals surface area contributed by atoms with Crippen LogP contribution in [-0.2, 0) is 4.79 Å². The maximum Gasteiger partial charge on any atom is 0.306 e. The Morgan fingerprint density at radius 1 is 1.33 bits per heavy atom. The van der Waals surface area contributed by atoms with Gasteiger partial charge in [0, 0.05) is 0 Å². The van der Waals surface area contributed by atoms with Crippen LogP contribution in [0, 0.1) is 11.8 Å². The predicted octanol–water partition coefficient (Wildman–Crippen LogP) is 2.92. The summed E-state index contributed by atoms with van der Waals surface area (Å²) in [5, 5.41) is 8.74. The molecule has 0 aliphatic heterocycles. The van der Waals surface area contributed by atoms with Crippen LogP contribution in [0.4, 0.5) is 0 Å². The molecule has 2 heteroatoms. The van der Waals surface area contributed by atoms with Crippen molar-refractivity contribution in [2.75, 3.05) is 0 Å². The first-order valence-corrected chi connectivity index (χ1v) is 4.80. The van der Waals surface area contributed by atoms with Crippen LogP contribution in [0.25, 0.3) is 0 Å². The Morgan fingerprint density at radius 2 is 1.92 bits per heavy atom. The zero-order chi connectivity index (χ0) is 9.56. The maximum absolute atomic E-state index is 10.6. The minimum Gasteiger partial charge on any atom is -0.481 e. The normalized spacial score (nSPS) is 13.3. The SMILES string of the molecule is CCC(CCCC(C)C)C(=O)O. The third kappa shape index (κ3) is 5.16. The van der Waals surface area contributed by atoms with Gasteiger partial charge in [-0.3, -0.25) is 4.79 Å². The molecule has 0 fully saturated rings. The van der Waals surface area contributed by atoms with Crippen LogP contribution in [-0.4, -0.2) is 11.1 Å². The molecule has 0 aromatic heterocycles. The van der Waals surface area contributed by atoms with E-state index in [1.807, 2.05) is 6.92 Å². The number of aliphatic carboxylic acids is 1. The van der Waals surface area contributed by atoms with Gasteiger partial charge in [0.1, 0.15) is 0 Å². The van der Waals surface area contributed by atoms with E-state index in [1.165, 1.54) is 0 Å². The van der Waals surface area contributed by atoms with Crippen molar-refractivity contribution in [2.45, 2.75) is 46.5 Å². The van der Waals surface area contributed by atoms with E-state index in [2.05, 4.69) is 13.8 Å². The summed E-state index contributed by atoms with van der Waals surface area (Å²) >= 11 is 0. The highest BCUT2D eigenvalue weighted by molar-refractivity contribution is 5.69. The summed E-state index contributed by atoms with van der Waals surface area (Å²) in [6.07, 6.45) is 3.78. The summed E-state index contributed by atoms with van der Waals surface area (Å²) in [6.45, 7) is 6.28. The van der Waals surface area contributed by atoms with Crippen molar-refractivity contribution in [3.8, 4) is 0 Å². The molecule has 12 heavy (non-hydrogen) atoms. The molecule has 0 rings (SSSR count). The zero-order valence-electron chi connectivity index (χ0n) is 8.34. The molecule has 0 spiro atoms. The standard InChI is InChI=1S/C10H20O2/c1-4-9(10(11)12)7-5-6-8(2)3/h8-9H,4-7H2,1-3H3,(H,11,12). The number of hydrogen-bond acceptors (Lipinski definition) is 1. The first-order chi connectivity index (χ1) is 5.57. The van der Waals surface area contributed by atoms with Gasteiger partial charge < -0.3 is 5.11 Å². The Hall–Kier alpha value is -0.530. The van der Waals surface area contributed by atoms with Gasteiger partial charge in [0.05, 0.1) is 5.92 Å². The molecule has 72 valence electrons. The van der Waals surface area contributed by atoms with Crippen LogP contribution in [0.15, 0.2) is 0 Å². The molecule has 0 heterocycles. The minimum absolute atomic E-state index is 0.122. The van der Waals surface area contributed by atoms with Crippen molar-refractivity contribution in [3.05, 3.63) is 0 Å². The average Bonchev–Trinajstić information content (AvgIpc) is 1.96. The number of carboxylic acids is 1. The van der Waals surface area contributed by atoms with Crippen LogP contribution < -0.4 is 0 Å². The van der Waals surface area contributed by atoms with Crippen LogP contribution in [0.1, 0.15) is 46.5 Å². The third-order valence-corrected chi connectivity index (χ3v) is 2.18. The molecule has 0 saturated heterocycles. The number of hydrogen-bond donors (Lipinski definition) is 1. The maximum atomic E-state index is 10.6. The van der Waals surface area contributed by atoms with Gasteiger partial charge in [-0.25, -0.2) is 0 Å². The molecule has 1 unspecified atom stereocenters. The highest BCUT2D eigenvalue weighted by Gasteiger charge is 2.13. The lowest BCUT2D eigenvalue weighted by Crippen LogP contribution is -2.12. The van der Waals surface area contributed by atoms with Crippen molar-refractivity contribution in [1.82, 2.24) is 0 Å². The molecule has 0 aliphatic carbocycles. The Morgan fingerprint density at radius 3 is 2.25 bits per heavy atom. The highest BCUT2D eigenvalue weighted by Crippen LogP contribution is 2.15. The minimum atomic E-state index is -0.638. The molecule has 0 aliphatic rings. The fourth-order valence-electron chi connectivity index (χ4n) is 1.27. The van der Waals surface area contributed by atoms with Gasteiger partial charge in [-0.05, 0) is 18.8 Å². The Kier molecular flexibility index (Phi) is 5.77. The number of carbonyl (C=O) groups is 1. The lowest BCUT2D eigenvalue weighted by molar-refractivity contribution is -0.142. The van der Waals surface area contributed by atoms with Gasteiger partial charge in [-0.15, -0.1) is 0 Å². The molecule has 0 aromatic rings. The first-order valence-electron chi connectivity index (χ1n) is 4.80. The zero-order valence-corrected chi connectivity index (χ0v) is 8.34. The molecule has 1 atom stereocenters. The lowest BCUT2D eigenvalue weighted by Gasteiger charge is -2.09. The van der Waals surface area contributed by atoms with Crippen molar-refractivity contribution in [1.29, 1.82) is 0 Å².